The van der Waals surface area contributed by atoms with Gasteiger partial charge >= 0.3 is 6.18 Å². The average molecular weight is 389 g/mol. The number of nitrogens with zero attached hydrogens (tertiary/aromatic N) is 2. The van der Waals surface area contributed by atoms with Crippen LogP contribution in [-0.2, 0) is 11.0 Å². The molecule has 2 saturated heterocycles. The number of likely N-dealkylation sites (N-methyl/N-ethyl adjacent to an activating group) is 1. The predicted octanol–water partition coefficient (Wildman–Crippen LogP) is 4.10. The number of halogens is 3. The van der Waals surface area contributed by atoms with Crippen molar-refractivity contribution in [3.8, 4) is 11.1 Å². The number of likely N-dealkylation sites (tertiary alicyclic amines) is 1. The van der Waals surface area contributed by atoms with Gasteiger partial charge in [-0.3, -0.25) is 14.7 Å². The monoisotopic (exact) mass is 389 g/mol. The first-order valence-corrected chi connectivity index (χ1v) is 9.38. The zero-order chi connectivity index (χ0) is 20.1. The summed E-state index contributed by atoms with van der Waals surface area (Å²) in [6.45, 7) is 2.57. The molecule has 28 heavy (non-hydrogen) atoms. The van der Waals surface area contributed by atoms with Gasteiger partial charge in [-0.1, -0.05) is 12.1 Å². The van der Waals surface area contributed by atoms with Crippen LogP contribution in [0.3, 0.4) is 0 Å². The Hall–Kier alpha value is -2.41. The molecule has 0 radical (unpaired) electrons. The summed E-state index contributed by atoms with van der Waals surface area (Å²) in [6.07, 6.45) is -1.95. The molecule has 1 amide bonds. The number of benzene rings is 1. The normalized spacial score (nSPS) is 25.5. The second-order valence-electron chi connectivity index (χ2n) is 7.70. The summed E-state index contributed by atoms with van der Waals surface area (Å²) in [5.74, 6) is 0.0770. The number of carbonyl (C=O) groups excluding carboxylic acids is 1. The SMILES string of the molecule is Cc1cc(-c2ccc(C(F)(F)F)cc2)cc([C@H]2CC[C@@]3(CCNC3=O)N2C)n1. The number of rotatable bonds is 2. The Balaban J connectivity index is 1.66. The van der Waals surface area contributed by atoms with E-state index in [1.165, 1.54) is 12.1 Å². The number of hydrogen-bond acceptors (Lipinski definition) is 3. The maximum Gasteiger partial charge on any atom is 0.416 e. The molecular weight excluding hydrogens is 367 g/mol. The van der Waals surface area contributed by atoms with E-state index in [1.54, 1.807) is 0 Å². The summed E-state index contributed by atoms with van der Waals surface area (Å²) in [7, 11) is 1.96. The van der Waals surface area contributed by atoms with Crippen LogP contribution in [0.5, 0.6) is 0 Å². The molecule has 2 atom stereocenters. The number of nitrogens with one attached hydrogen (secondary N) is 1. The molecule has 7 heteroatoms. The van der Waals surface area contributed by atoms with Crippen LogP contribution in [-0.4, -0.2) is 34.9 Å². The molecule has 1 aromatic heterocycles. The molecule has 148 valence electrons. The molecule has 2 aromatic rings. The Labute approximate surface area is 161 Å². The third kappa shape index (κ3) is 3.07. The van der Waals surface area contributed by atoms with E-state index in [4.69, 9.17) is 0 Å². The quantitative estimate of drug-likeness (QED) is 0.841. The minimum atomic E-state index is -4.35. The zero-order valence-electron chi connectivity index (χ0n) is 15.8. The van der Waals surface area contributed by atoms with Crippen molar-refractivity contribution in [2.45, 2.75) is 43.9 Å². The molecule has 0 aliphatic carbocycles. The fraction of sp³-hybridized carbons (Fsp3) is 0.429. The minimum Gasteiger partial charge on any atom is -0.354 e. The first-order valence-electron chi connectivity index (χ1n) is 9.38. The van der Waals surface area contributed by atoms with Crippen molar-refractivity contribution in [2.75, 3.05) is 13.6 Å². The fourth-order valence-electron chi connectivity index (χ4n) is 4.51. The molecule has 3 heterocycles. The molecule has 2 aliphatic rings. The van der Waals surface area contributed by atoms with Crippen LogP contribution in [0.2, 0.25) is 0 Å². The predicted molar refractivity (Wildman–Crippen MR) is 99.5 cm³/mol. The van der Waals surface area contributed by atoms with Gasteiger partial charge in [0.25, 0.3) is 0 Å². The lowest BCUT2D eigenvalue weighted by molar-refractivity contribution is -0.137. The van der Waals surface area contributed by atoms with Crippen molar-refractivity contribution in [2.24, 2.45) is 0 Å². The summed E-state index contributed by atoms with van der Waals surface area (Å²) in [5, 5.41) is 2.93. The zero-order valence-corrected chi connectivity index (χ0v) is 15.8. The van der Waals surface area contributed by atoms with E-state index in [0.29, 0.717) is 12.1 Å². The third-order valence-corrected chi connectivity index (χ3v) is 6.08. The average Bonchev–Trinajstić information content (AvgIpc) is 3.18. The van der Waals surface area contributed by atoms with Gasteiger partial charge in [0, 0.05) is 12.2 Å². The van der Waals surface area contributed by atoms with E-state index < -0.39 is 17.3 Å². The van der Waals surface area contributed by atoms with Crippen molar-refractivity contribution < 1.29 is 18.0 Å². The van der Waals surface area contributed by atoms with Gasteiger partial charge in [0.2, 0.25) is 5.91 Å². The lowest BCUT2D eigenvalue weighted by Crippen LogP contribution is -2.48. The maximum absolute atomic E-state index is 12.8. The number of amides is 1. The Bertz CT molecular complexity index is 910. The van der Waals surface area contributed by atoms with Crippen LogP contribution in [0.1, 0.15) is 42.3 Å². The summed E-state index contributed by atoms with van der Waals surface area (Å²) in [5.41, 5.74) is 2.08. The van der Waals surface area contributed by atoms with E-state index >= 15 is 0 Å². The Morgan fingerprint density at radius 1 is 1.14 bits per heavy atom. The van der Waals surface area contributed by atoms with Gasteiger partial charge in [0.15, 0.2) is 0 Å². The molecule has 0 unspecified atom stereocenters. The molecule has 4 nitrogen and oxygen atoms in total. The van der Waals surface area contributed by atoms with Crippen molar-refractivity contribution in [1.29, 1.82) is 0 Å². The van der Waals surface area contributed by atoms with Gasteiger partial charge in [-0.15, -0.1) is 0 Å². The number of carbonyl (C=O) groups is 1. The highest BCUT2D eigenvalue weighted by Crippen LogP contribution is 2.45. The van der Waals surface area contributed by atoms with Gasteiger partial charge < -0.3 is 5.32 Å². The highest BCUT2D eigenvalue weighted by molar-refractivity contribution is 5.88. The minimum absolute atomic E-state index is 0.0111. The van der Waals surface area contributed by atoms with Crippen molar-refractivity contribution in [1.82, 2.24) is 15.2 Å². The molecule has 0 saturated carbocycles. The Morgan fingerprint density at radius 3 is 2.46 bits per heavy atom. The van der Waals surface area contributed by atoms with Gasteiger partial charge in [-0.2, -0.15) is 13.2 Å². The van der Waals surface area contributed by atoms with Crippen molar-refractivity contribution >= 4 is 5.91 Å². The van der Waals surface area contributed by atoms with Crippen LogP contribution in [0, 0.1) is 6.92 Å². The van der Waals surface area contributed by atoms with E-state index in [0.717, 1.165) is 48.3 Å². The van der Waals surface area contributed by atoms with Crippen LogP contribution in [0.25, 0.3) is 11.1 Å². The van der Waals surface area contributed by atoms with E-state index in [2.05, 4.69) is 15.2 Å². The standard InChI is InChI=1S/C21H22F3N3O/c1-13-11-15(14-3-5-16(6-4-14)21(22,23)24)12-17(26-13)18-7-8-20(27(18)2)9-10-25-19(20)28/h3-6,11-12,18H,7-10H2,1-2H3,(H,25,28)/t18-,20+/m1/s1. The van der Waals surface area contributed by atoms with Gasteiger partial charge in [-0.25, -0.2) is 0 Å². The summed E-state index contributed by atoms with van der Waals surface area (Å²) >= 11 is 0. The molecule has 2 aliphatic heterocycles. The van der Waals surface area contributed by atoms with Crippen LogP contribution in [0.4, 0.5) is 13.2 Å². The molecule has 0 bridgehead atoms. The summed E-state index contributed by atoms with van der Waals surface area (Å²) in [4.78, 5) is 19.2. The first-order chi connectivity index (χ1) is 13.2. The maximum atomic E-state index is 12.8. The molecule has 2 fully saturated rings. The van der Waals surface area contributed by atoms with E-state index in [1.807, 2.05) is 26.1 Å². The van der Waals surface area contributed by atoms with E-state index in [-0.39, 0.29) is 11.9 Å². The van der Waals surface area contributed by atoms with Crippen LogP contribution >= 0.6 is 0 Å². The molecule has 4 rings (SSSR count). The first kappa shape index (κ1) is 18.9. The van der Waals surface area contributed by atoms with Crippen LogP contribution in [0.15, 0.2) is 36.4 Å². The third-order valence-electron chi connectivity index (χ3n) is 6.08. The fourth-order valence-corrected chi connectivity index (χ4v) is 4.51. The second-order valence-corrected chi connectivity index (χ2v) is 7.70. The number of aromatic nitrogens is 1. The number of pyridine rings is 1. The lowest BCUT2D eigenvalue weighted by Gasteiger charge is -2.32. The number of alkyl halides is 3. The number of hydrogen-bond donors (Lipinski definition) is 1. The lowest BCUT2D eigenvalue weighted by atomic mass is 9.95. The molecule has 1 aromatic carbocycles. The second kappa shape index (κ2) is 6.58. The molecular formula is C21H22F3N3O. The smallest absolute Gasteiger partial charge is 0.354 e. The van der Waals surface area contributed by atoms with Gasteiger partial charge in [-0.05, 0) is 68.6 Å². The molecule has 1 spiro atoms. The highest BCUT2D eigenvalue weighted by Gasteiger charge is 2.52. The van der Waals surface area contributed by atoms with Gasteiger partial charge in [0.05, 0.1) is 17.3 Å². The highest BCUT2D eigenvalue weighted by atomic mass is 19.4. The Morgan fingerprint density at radius 2 is 1.86 bits per heavy atom. The number of aryl methyl sites for hydroxylation is 1. The van der Waals surface area contributed by atoms with E-state index in [9.17, 15) is 18.0 Å². The van der Waals surface area contributed by atoms with Crippen LogP contribution < -0.4 is 5.32 Å². The topological polar surface area (TPSA) is 45.2 Å². The molecule has 1 N–H and O–H groups in total. The van der Waals surface area contributed by atoms with Crippen molar-refractivity contribution in [3.05, 3.63) is 53.3 Å². The Kier molecular flexibility index (Phi) is 4.45. The van der Waals surface area contributed by atoms with Gasteiger partial charge in [0.1, 0.15) is 5.54 Å². The van der Waals surface area contributed by atoms with Crippen molar-refractivity contribution in [3.63, 3.8) is 0 Å². The summed E-state index contributed by atoms with van der Waals surface area (Å²) in [6, 6.07) is 9.00. The summed E-state index contributed by atoms with van der Waals surface area (Å²) < 4.78 is 38.5. The largest absolute Gasteiger partial charge is 0.416 e.